The summed E-state index contributed by atoms with van der Waals surface area (Å²) in [5, 5.41) is 5.10. The van der Waals surface area contributed by atoms with E-state index < -0.39 is 6.37 Å². The minimum atomic E-state index is -1.69. The molecule has 1 aliphatic rings. The summed E-state index contributed by atoms with van der Waals surface area (Å²) in [6, 6.07) is 26.7. The Kier molecular flexibility index (Phi) is 3.51. The van der Waals surface area contributed by atoms with E-state index in [1.807, 2.05) is 42.5 Å². The predicted octanol–water partition coefficient (Wildman–Crippen LogP) is 8.67. The van der Waals surface area contributed by atoms with Crippen molar-refractivity contribution in [2.75, 3.05) is 0 Å². The van der Waals surface area contributed by atoms with Gasteiger partial charge in [0.15, 0.2) is 5.58 Å². The van der Waals surface area contributed by atoms with Gasteiger partial charge >= 0.3 is 0 Å². The maximum absolute atomic E-state index is 9.21. The van der Waals surface area contributed by atoms with Gasteiger partial charge in [0.05, 0.1) is 0 Å². The summed E-state index contributed by atoms with van der Waals surface area (Å²) in [5.41, 5.74) is 5.75. The fourth-order valence-corrected chi connectivity index (χ4v) is 5.38. The van der Waals surface area contributed by atoms with Crippen LogP contribution in [0.1, 0.15) is 40.2 Å². The average Bonchev–Trinajstić information content (AvgIpc) is 3.27. The van der Waals surface area contributed by atoms with Crippen LogP contribution in [0.3, 0.4) is 0 Å². The Labute approximate surface area is 201 Å². The van der Waals surface area contributed by atoms with Crippen LogP contribution in [0.2, 0.25) is 0 Å². The van der Waals surface area contributed by atoms with Crippen molar-refractivity contribution in [2.45, 2.75) is 32.6 Å². The van der Waals surface area contributed by atoms with Gasteiger partial charge < -0.3 is 4.42 Å². The highest BCUT2D eigenvalue weighted by Gasteiger charge is 2.26. The van der Waals surface area contributed by atoms with Gasteiger partial charge in [0, 0.05) is 37.4 Å². The van der Waals surface area contributed by atoms with E-state index in [-0.39, 0.29) is 5.41 Å². The third-order valence-corrected chi connectivity index (χ3v) is 6.96. The summed E-state index contributed by atoms with van der Waals surface area (Å²) >= 11 is 0. The molecular formula is C32H25NO. The first-order valence-electron chi connectivity index (χ1n) is 12.7. The predicted molar refractivity (Wildman–Crippen MR) is 141 cm³/mol. The van der Waals surface area contributed by atoms with E-state index in [0.29, 0.717) is 22.5 Å². The van der Waals surface area contributed by atoms with Gasteiger partial charge in [-0.1, -0.05) is 81.4 Å². The van der Waals surface area contributed by atoms with Crippen molar-refractivity contribution >= 4 is 32.5 Å². The number of nitrogens with zero attached hydrogens (tertiary/aromatic N) is 1. The van der Waals surface area contributed by atoms with Crippen LogP contribution in [0.25, 0.3) is 55.1 Å². The second-order valence-electron chi connectivity index (χ2n) is 10.2. The van der Waals surface area contributed by atoms with Gasteiger partial charge in [0.2, 0.25) is 0 Å². The molecule has 0 radical (unpaired) electrons. The van der Waals surface area contributed by atoms with Crippen LogP contribution in [0, 0.1) is 0 Å². The molecule has 2 heteroatoms. The number of rotatable bonds is 1. The van der Waals surface area contributed by atoms with Crippen molar-refractivity contribution in [3.8, 4) is 22.6 Å². The van der Waals surface area contributed by atoms with Gasteiger partial charge in [0.1, 0.15) is 11.5 Å². The summed E-state index contributed by atoms with van der Waals surface area (Å²) in [4.78, 5) is 4.78. The molecule has 0 amide bonds. The highest BCUT2D eigenvalue weighted by molar-refractivity contribution is 6.06. The Morgan fingerprint density at radius 2 is 1.65 bits per heavy atom. The van der Waals surface area contributed by atoms with Crippen molar-refractivity contribution in [3.63, 3.8) is 0 Å². The second kappa shape index (κ2) is 6.80. The number of hydrogen-bond donors (Lipinski definition) is 0. The van der Waals surface area contributed by atoms with Crippen LogP contribution in [-0.4, -0.2) is 4.98 Å². The highest BCUT2D eigenvalue weighted by atomic mass is 16.3. The van der Waals surface area contributed by atoms with Crippen LogP contribution in [0.5, 0.6) is 0 Å². The zero-order chi connectivity index (χ0) is 24.8. The molecule has 0 saturated heterocycles. The lowest BCUT2D eigenvalue weighted by Gasteiger charge is -2.22. The standard InChI is InChI=1S/C32H25NO/c1-32(2,3)27-18-22(16-20-8-4-5-12-23(20)27)29-31-24(14-15-33-29)26-17-21-11-6-9-19-10-7-13-25(28(19)21)30(26)34-31/h4-16,18H,17H2,1-3H3/i17D2. The van der Waals surface area contributed by atoms with E-state index in [1.54, 1.807) is 6.20 Å². The molecule has 2 heterocycles. The fourth-order valence-electron chi connectivity index (χ4n) is 5.38. The molecular weight excluding hydrogens is 414 g/mol. The smallest absolute Gasteiger partial charge is 0.161 e. The number of aromatic nitrogens is 1. The fraction of sp³-hybridized carbons (Fsp3) is 0.156. The average molecular weight is 442 g/mol. The lowest BCUT2D eigenvalue weighted by Crippen LogP contribution is -2.12. The SMILES string of the molecule is [2H]C1([2H])c2c(oc3c(-c4cc(C(C)(C)C)c5ccccc5c4)nccc23)-c2cccc3cccc1c23. The topological polar surface area (TPSA) is 26.0 Å². The van der Waals surface area contributed by atoms with Gasteiger partial charge in [-0.2, -0.15) is 0 Å². The lowest BCUT2D eigenvalue weighted by atomic mass is 9.82. The summed E-state index contributed by atoms with van der Waals surface area (Å²) in [7, 11) is 0. The molecule has 0 atom stereocenters. The Hall–Kier alpha value is -3.91. The maximum atomic E-state index is 9.21. The van der Waals surface area contributed by atoms with Crippen molar-refractivity contribution in [2.24, 2.45) is 0 Å². The van der Waals surface area contributed by atoms with Crippen molar-refractivity contribution < 1.29 is 7.16 Å². The molecule has 0 N–H and O–H groups in total. The van der Waals surface area contributed by atoms with Gasteiger partial charge in [-0.3, -0.25) is 4.98 Å². The number of pyridine rings is 1. The second-order valence-corrected chi connectivity index (χ2v) is 10.2. The first-order valence-corrected chi connectivity index (χ1v) is 11.7. The van der Waals surface area contributed by atoms with Crippen LogP contribution in [0.15, 0.2) is 89.5 Å². The van der Waals surface area contributed by atoms with Crippen LogP contribution in [0.4, 0.5) is 0 Å². The van der Waals surface area contributed by atoms with E-state index in [0.717, 1.165) is 38.4 Å². The Morgan fingerprint density at radius 3 is 2.50 bits per heavy atom. The molecule has 0 fully saturated rings. The minimum absolute atomic E-state index is 0.0548. The van der Waals surface area contributed by atoms with Gasteiger partial charge in [-0.15, -0.1) is 0 Å². The summed E-state index contributed by atoms with van der Waals surface area (Å²) in [6.07, 6.45) is 0.0869. The molecule has 4 aromatic carbocycles. The molecule has 0 spiro atoms. The van der Waals surface area contributed by atoms with Gasteiger partial charge in [-0.25, -0.2) is 0 Å². The molecule has 34 heavy (non-hydrogen) atoms. The van der Waals surface area contributed by atoms with Crippen molar-refractivity contribution in [1.29, 1.82) is 0 Å². The van der Waals surface area contributed by atoms with E-state index in [4.69, 9.17) is 9.40 Å². The molecule has 0 bridgehead atoms. The van der Waals surface area contributed by atoms with E-state index in [1.165, 1.54) is 10.9 Å². The van der Waals surface area contributed by atoms with Crippen LogP contribution >= 0.6 is 0 Å². The van der Waals surface area contributed by atoms with Gasteiger partial charge in [-0.05, 0) is 56.3 Å². The summed E-state index contributed by atoms with van der Waals surface area (Å²) in [6.45, 7) is 6.68. The Balaban J connectivity index is 1.57. The molecule has 0 unspecified atom stereocenters. The summed E-state index contributed by atoms with van der Waals surface area (Å²) < 4.78 is 25.0. The van der Waals surface area contributed by atoms with E-state index >= 15 is 0 Å². The van der Waals surface area contributed by atoms with Crippen molar-refractivity contribution in [1.82, 2.24) is 4.98 Å². The molecule has 0 saturated carbocycles. The number of hydrogen-bond acceptors (Lipinski definition) is 2. The number of fused-ring (bicyclic) bond motifs is 5. The normalized spacial score (nSPS) is 15.4. The zero-order valence-corrected chi connectivity index (χ0v) is 19.4. The minimum Gasteiger partial charge on any atom is -0.453 e. The molecule has 164 valence electrons. The zero-order valence-electron chi connectivity index (χ0n) is 21.4. The maximum Gasteiger partial charge on any atom is 0.161 e. The number of benzene rings is 4. The molecule has 7 rings (SSSR count). The third kappa shape index (κ3) is 2.72. The van der Waals surface area contributed by atoms with Crippen LogP contribution < -0.4 is 0 Å². The monoisotopic (exact) mass is 441 g/mol. The third-order valence-electron chi connectivity index (χ3n) is 6.96. The quantitative estimate of drug-likeness (QED) is 0.255. The number of furan rings is 1. The Bertz CT molecular complexity index is 1850. The van der Waals surface area contributed by atoms with Crippen LogP contribution in [-0.2, 0) is 11.8 Å². The lowest BCUT2D eigenvalue weighted by molar-refractivity contribution is 0.596. The molecule has 2 aromatic heterocycles. The first kappa shape index (κ1) is 17.6. The van der Waals surface area contributed by atoms with E-state index in [9.17, 15) is 2.74 Å². The molecule has 1 aliphatic carbocycles. The Morgan fingerprint density at radius 1 is 0.853 bits per heavy atom. The molecule has 0 aliphatic heterocycles. The largest absolute Gasteiger partial charge is 0.453 e. The van der Waals surface area contributed by atoms with E-state index in [2.05, 4.69) is 57.2 Å². The summed E-state index contributed by atoms with van der Waals surface area (Å²) in [5.74, 6) is 0.602. The van der Waals surface area contributed by atoms with Crippen molar-refractivity contribution in [3.05, 3.63) is 102 Å². The van der Waals surface area contributed by atoms with Gasteiger partial charge in [0.25, 0.3) is 0 Å². The first-order chi connectivity index (χ1) is 17.2. The molecule has 2 nitrogen and oxygen atoms in total. The highest BCUT2D eigenvalue weighted by Crippen LogP contribution is 2.46. The molecule has 6 aromatic rings.